The molecule has 1 amide bonds. The summed E-state index contributed by atoms with van der Waals surface area (Å²) in [7, 11) is -3.55. The largest absolute Gasteiger partial charge is 0.372 e. The molecule has 2 fully saturated rings. The summed E-state index contributed by atoms with van der Waals surface area (Å²) in [6.07, 6.45) is 2.86. The van der Waals surface area contributed by atoms with E-state index < -0.39 is 10.0 Å². The molecular formula is C25H34N4O4S. The number of carbonyl (C=O) groups excluding carboxylic acids is 1. The molecule has 4 atom stereocenters. The fraction of sp³-hybridized carbons (Fsp3) is 0.520. The summed E-state index contributed by atoms with van der Waals surface area (Å²) in [6.45, 7) is 10.8. The number of ether oxygens (including phenoxy) is 1. The second-order valence-electron chi connectivity index (χ2n) is 9.81. The van der Waals surface area contributed by atoms with E-state index in [9.17, 15) is 13.2 Å². The van der Waals surface area contributed by atoms with E-state index in [1.807, 2.05) is 19.9 Å². The number of aromatic nitrogens is 1. The molecule has 0 spiro atoms. The van der Waals surface area contributed by atoms with Gasteiger partial charge in [0.05, 0.1) is 22.7 Å². The number of piperidine rings is 1. The number of anilines is 2. The van der Waals surface area contributed by atoms with Gasteiger partial charge in [-0.25, -0.2) is 13.4 Å². The van der Waals surface area contributed by atoms with Gasteiger partial charge in [0.2, 0.25) is 10.0 Å². The molecule has 1 aromatic carbocycles. The maximum absolute atomic E-state index is 13.1. The fourth-order valence-electron chi connectivity index (χ4n) is 4.94. The van der Waals surface area contributed by atoms with Gasteiger partial charge in [-0.15, -0.1) is 0 Å². The average molecular weight is 487 g/mol. The maximum atomic E-state index is 13.1. The van der Waals surface area contributed by atoms with E-state index in [4.69, 9.17) is 4.74 Å². The Hall–Kier alpha value is -2.49. The van der Waals surface area contributed by atoms with Gasteiger partial charge >= 0.3 is 0 Å². The van der Waals surface area contributed by atoms with Crippen LogP contribution in [0.4, 0.5) is 11.5 Å². The highest BCUT2D eigenvalue weighted by Gasteiger charge is 2.31. The van der Waals surface area contributed by atoms with Gasteiger partial charge in [-0.3, -0.25) is 4.79 Å². The maximum Gasteiger partial charge on any atom is 0.257 e. The first kappa shape index (κ1) is 24.6. The number of nitrogens with zero attached hydrogens (tertiary/aromatic N) is 3. The fourth-order valence-corrected chi connectivity index (χ4v) is 6.62. The number of nitrogens with one attached hydrogen (secondary N) is 1. The molecule has 0 saturated carbocycles. The van der Waals surface area contributed by atoms with E-state index in [0.717, 1.165) is 25.3 Å². The predicted molar refractivity (Wildman–Crippen MR) is 133 cm³/mol. The van der Waals surface area contributed by atoms with Gasteiger partial charge in [0.15, 0.2) is 0 Å². The summed E-state index contributed by atoms with van der Waals surface area (Å²) in [4.78, 5) is 19.6. The molecule has 4 rings (SSSR count). The van der Waals surface area contributed by atoms with E-state index in [1.54, 1.807) is 40.8 Å². The SMILES string of the molecule is C[C@@H]1C[C@H](C)CN(S(=O)(=O)c2ccc(NC(=O)c3ccc(N4C[C@H](C)O[C@@H](C)C4)nc3)cc2)C1. The predicted octanol–water partition coefficient (Wildman–Crippen LogP) is 3.61. The van der Waals surface area contributed by atoms with Crippen molar-refractivity contribution in [3.63, 3.8) is 0 Å². The molecule has 2 aliphatic rings. The lowest BCUT2D eigenvalue weighted by atomic mass is 9.94. The third kappa shape index (κ3) is 5.59. The second-order valence-corrected chi connectivity index (χ2v) is 11.8. The van der Waals surface area contributed by atoms with Gasteiger partial charge in [-0.1, -0.05) is 13.8 Å². The van der Waals surface area contributed by atoms with Gasteiger partial charge in [0, 0.05) is 38.1 Å². The van der Waals surface area contributed by atoms with Gasteiger partial charge in [-0.2, -0.15) is 4.31 Å². The van der Waals surface area contributed by atoms with Crippen molar-refractivity contribution in [3.05, 3.63) is 48.2 Å². The molecule has 0 bridgehead atoms. The van der Waals surface area contributed by atoms with Crippen LogP contribution in [0.25, 0.3) is 0 Å². The number of morpholine rings is 1. The van der Waals surface area contributed by atoms with E-state index in [0.29, 0.717) is 36.2 Å². The van der Waals surface area contributed by atoms with Crippen molar-refractivity contribution in [3.8, 4) is 0 Å². The van der Waals surface area contributed by atoms with E-state index in [-0.39, 0.29) is 23.0 Å². The summed E-state index contributed by atoms with van der Waals surface area (Å²) in [6, 6.07) is 9.95. The Kier molecular flexibility index (Phi) is 7.25. The quantitative estimate of drug-likeness (QED) is 0.694. The molecule has 3 heterocycles. The minimum absolute atomic E-state index is 0.127. The summed E-state index contributed by atoms with van der Waals surface area (Å²) in [5.74, 6) is 1.20. The Balaban J connectivity index is 1.40. The summed E-state index contributed by atoms with van der Waals surface area (Å²) in [5.41, 5.74) is 0.968. The zero-order valence-electron chi connectivity index (χ0n) is 20.3. The minimum Gasteiger partial charge on any atom is -0.372 e. The van der Waals surface area contributed by atoms with Crippen LogP contribution in [0, 0.1) is 11.8 Å². The summed E-state index contributed by atoms with van der Waals surface area (Å²) in [5, 5.41) is 2.82. The number of amides is 1. The van der Waals surface area contributed by atoms with Crippen LogP contribution in [0.5, 0.6) is 0 Å². The molecule has 9 heteroatoms. The molecule has 0 aliphatic carbocycles. The molecule has 184 valence electrons. The van der Waals surface area contributed by atoms with E-state index >= 15 is 0 Å². The highest BCUT2D eigenvalue weighted by molar-refractivity contribution is 7.89. The van der Waals surface area contributed by atoms with Crippen molar-refractivity contribution >= 4 is 27.4 Å². The molecule has 1 N–H and O–H groups in total. The first-order valence-corrected chi connectivity index (χ1v) is 13.3. The number of hydrogen-bond donors (Lipinski definition) is 1. The smallest absolute Gasteiger partial charge is 0.257 e. The van der Waals surface area contributed by atoms with Gasteiger partial charge in [-0.05, 0) is 68.5 Å². The second kappa shape index (κ2) is 10.0. The first-order chi connectivity index (χ1) is 16.1. The highest BCUT2D eigenvalue weighted by atomic mass is 32.2. The Morgan fingerprint density at radius 3 is 2.12 bits per heavy atom. The molecule has 0 radical (unpaired) electrons. The minimum atomic E-state index is -3.55. The Bertz CT molecular complexity index is 1080. The number of pyridine rings is 1. The van der Waals surface area contributed by atoms with Gasteiger partial charge < -0.3 is 15.0 Å². The van der Waals surface area contributed by atoms with Crippen molar-refractivity contribution in [1.29, 1.82) is 0 Å². The zero-order chi connectivity index (χ0) is 24.5. The highest BCUT2D eigenvalue weighted by Crippen LogP contribution is 2.27. The van der Waals surface area contributed by atoms with Crippen LogP contribution >= 0.6 is 0 Å². The third-order valence-electron chi connectivity index (χ3n) is 6.34. The van der Waals surface area contributed by atoms with E-state index in [2.05, 4.69) is 29.0 Å². The molecule has 2 saturated heterocycles. The van der Waals surface area contributed by atoms with Gasteiger partial charge in [0.1, 0.15) is 5.82 Å². The van der Waals surface area contributed by atoms with Crippen molar-refractivity contribution in [1.82, 2.24) is 9.29 Å². The summed E-state index contributed by atoms with van der Waals surface area (Å²) < 4.78 is 33.4. The van der Waals surface area contributed by atoms with Crippen LogP contribution in [-0.4, -0.2) is 62.0 Å². The van der Waals surface area contributed by atoms with Crippen LogP contribution in [0.1, 0.15) is 44.5 Å². The van der Waals surface area contributed by atoms with Crippen LogP contribution in [0.15, 0.2) is 47.5 Å². The molecule has 1 aromatic heterocycles. The van der Waals surface area contributed by atoms with Crippen LogP contribution in [0.3, 0.4) is 0 Å². The number of rotatable bonds is 5. The number of sulfonamides is 1. The molecule has 2 aromatic rings. The van der Waals surface area contributed by atoms with Gasteiger partial charge in [0.25, 0.3) is 5.91 Å². The van der Waals surface area contributed by atoms with Crippen molar-refractivity contribution in [2.75, 3.05) is 36.4 Å². The topological polar surface area (TPSA) is 91.8 Å². The number of hydrogen-bond acceptors (Lipinski definition) is 6. The lowest BCUT2D eigenvalue weighted by molar-refractivity contribution is -0.00546. The lowest BCUT2D eigenvalue weighted by Gasteiger charge is -2.36. The standard InChI is InChI=1S/C25H34N4O4S/c1-17-11-18(2)14-29(13-17)34(31,32)23-8-6-22(7-9-23)27-25(30)21-5-10-24(26-12-21)28-15-19(3)33-20(4)16-28/h5-10,12,17-20H,11,13-16H2,1-4H3,(H,27,30)/t17-,18+,19-,20-/m0/s1. The third-order valence-corrected chi connectivity index (χ3v) is 8.18. The van der Waals surface area contributed by atoms with Crippen molar-refractivity contribution < 1.29 is 17.9 Å². The zero-order valence-corrected chi connectivity index (χ0v) is 21.1. The Labute approximate surface area is 202 Å². The molecular weight excluding hydrogens is 452 g/mol. The van der Waals surface area contributed by atoms with E-state index in [1.165, 1.54) is 0 Å². The molecule has 2 aliphatic heterocycles. The van der Waals surface area contributed by atoms with Crippen molar-refractivity contribution in [2.45, 2.75) is 51.2 Å². The first-order valence-electron chi connectivity index (χ1n) is 11.9. The van der Waals surface area contributed by atoms with Crippen molar-refractivity contribution in [2.24, 2.45) is 11.8 Å². The van der Waals surface area contributed by atoms with Crippen LogP contribution < -0.4 is 10.2 Å². The molecule has 0 unspecified atom stereocenters. The van der Waals surface area contributed by atoms with Crippen LogP contribution in [0.2, 0.25) is 0 Å². The Morgan fingerprint density at radius 1 is 0.941 bits per heavy atom. The lowest BCUT2D eigenvalue weighted by Crippen LogP contribution is -2.45. The molecule has 8 nitrogen and oxygen atoms in total. The number of benzene rings is 1. The number of carbonyl (C=O) groups is 1. The average Bonchev–Trinajstić information content (AvgIpc) is 2.78. The Morgan fingerprint density at radius 2 is 1.56 bits per heavy atom. The summed E-state index contributed by atoms with van der Waals surface area (Å²) >= 11 is 0. The molecule has 34 heavy (non-hydrogen) atoms. The normalized spacial score (nSPS) is 26.3. The van der Waals surface area contributed by atoms with Crippen LogP contribution in [-0.2, 0) is 14.8 Å². The monoisotopic (exact) mass is 486 g/mol.